The van der Waals surface area contributed by atoms with Crippen molar-refractivity contribution in [3.63, 3.8) is 0 Å². The molecule has 0 bridgehead atoms. The lowest BCUT2D eigenvalue weighted by Gasteiger charge is -2.24. The third-order valence-corrected chi connectivity index (χ3v) is 11.2. The highest BCUT2D eigenvalue weighted by molar-refractivity contribution is 5.97. The number of benzene rings is 2. The Labute approximate surface area is 314 Å². The van der Waals surface area contributed by atoms with Crippen molar-refractivity contribution in [1.82, 2.24) is 39.9 Å². The maximum atomic E-state index is 14.1. The number of aromatic nitrogens is 6. The van der Waals surface area contributed by atoms with E-state index in [0.717, 1.165) is 69.5 Å². The lowest BCUT2D eigenvalue weighted by Crippen LogP contribution is -2.30. The van der Waals surface area contributed by atoms with Crippen LogP contribution < -0.4 is 15.4 Å². The monoisotopic (exact) mass is 731 g/mol. The number of rotatable bonds is 12. The SMILES string of the molecule is COc1cc(-n2ncc3c(-c4cccc(Nc5nc(C(F)F)nc6cc(CNC7CCCCC7)cnc56)c4C)cccc32)ncc1CN(C)C1CCCC1. The molecule has 4 heterocycles. The van der Waals surface area contributed by atoms with E-state index in [9.17, 15) is 8.78 Å². The highest BCUT2D eigenvalue weighted by atomic mass is 19.3. The maximum absolute atomic E-state index is 14.1. The summed E-state index contributed by atoms with van der Waals surface area (Å²) in [5.74, 6) is 1.17. The summed E-state index contributed by atoms with van der Waals surface area (Å²) in [5.41, 5.74) is 7.28. The second kappa shape index (κ2) is 15.7. The number of ether oxygens (including phenoxy) is 1. The number of hydrogen-bond acceptors (Lipinski definition) is 9. The van der Waals surface area contributed by atoms with Gasteiger partial charge in [0, 0.05) is 60.3 Å². The lowest BCUT2D eigenvalue weighted by atomic mass is 9.95. The molecule has 0 unspecified atom stereocenters. The largest absolute Gasteiger partial charge is 0.496 e. The fourth-order valence-electron chi connectivity index (χ4n) is 8.21. The van der Waals surface area contributed by atoms with Crippen LogP contribution in [0.3, 0.4) is 0 Å². The van der Waals surface area contributed by atoms with Gasteiger partial charge in [-0.05, 0) is 80.1 Å². The van der Waals surface area contributed by atoms with Crippen LogP contribution in [0.2, 0.25) is 0 Å². The van der Waals surface area contributed by atoms with Crippen LogP contribution in [0.5, 0.6) is 5.75 Å². The van der Waals surface area contributed by atoms with Crippen molar-refractivity contribution in [1.29, 1.82) is 0 Å². The number of anilines is 2. The second-order valence-electron chi connectivity index (χ2n) is 14.8. The van der Waals surface area contributed by atoms with Crippen LogP contribution in [0, 0.1) is 6.92 Å². The quantitative estimate of drug-likeness (QED) is 0.127. The van der Waals surface area contributed by atoms with Gasteiger partial charge in [-0.3, -0.25) is 9.88 Å². The van der Waals surface area contributed by atoms with Crippen molar-refractivity contribution in [3.8, 4) is 22.7 Å². The molecule has 0 amide bonds. The molecule has 54 heavy (non-hydrogen) atoms. The van der Waals surface area contributed by atoms with Gasteiger partial charge in [-0.2, -0.15) is 5.10 Å². The van der Waals surface area contributed by atoms with Gasteiger partial charge in [0.05, 0.1) is 24.3 Å². The first-order chi connectivity index (χ1) is 26.4. The van der Waals surface area contributed by atoms with Gasteiger partial charge >= 0.3 is 0 Å². The minimum atomic E-state index is -2.83. The predicted octanol–water partition coefficient (Wildman–Crippen LogP) is 9.22. The average Bonchev–Trinajstić information content (AvgIpc) is 3.90. The molecule has 2 aliphatic rings. The highest BCUT2D eigenvalue weighted by Crippen LogP contribution is 2.37. The molecule has 12 heteroatoms. The summed E-state index contributed by atoms with van der Waals surface area (Å²) in [7, 11) is 3.88. The molecule has 8 rings (SSSR count). The smallest absolute Gasteiger partial charge is 0.297 e. The van der Waals surface area contributed by atoms with Crippen LogP contribution >= 0.6 is 0 Å². The number of pyridine rings is 2. The van der Waals surface area contributed by atoms with Crippen molar-refractivity contribution in [3.05, 3.63) is 89.6 Å². The highest BCUT2D eigenvalue weighted by Gasteiger charge is 2.22. The van der Waals surface area contributed by atoms with Crippen LogP contribution in [0.15, 0.2) is 67.1 Å². The third-order valence-electron chi connectivity index (χ3n) is 11.2. The Balaban J connectivity index is 1.08. The first-order valence-corrected chi connectivity index (χ1v) is 19.1. The van der Waals surface area contributed by atoms with Gasteiger partial charge in [-0.1, -0.05) is 56.4 Å². The molecule has 0 aliphatic heterocycles. The van der Waals surface area contributed by atoms with Gasteiger partial charge in [-0.15, -0.1) is 0 Å². The van der Waals surface area contributed by atoms with Crippen molar-refractivity contribution in [2.75, 3.05) is 19.5 Å². The van der Waals surface area contributed by atoms with E-state index < -0.39 is 12.2 Å². The number of methoxy groups -OCH3 is 1. The Kier molecular flexibility index (Phi) is 10.5. The predicted molar refractivity (Wildman–Crippen MR) is 209 cm³/mol. The molecule has 0 atom stereocenters. The fourth-order valence-corrected chi connectivity index (χ4v) is 8.21. The van der Waals surface area contributed by atoms with E-state index in [2.05, 4.69) is 49.7 Å². The van der Waals surface area contributed by atoms with Gasteiger partial charge in [-0.25, -0.2) is 28.4 Å². The Bertz CT molecular complexity index is 2260. The summed E-state index contributed by atoms with van der Waals surface area (Å²) < 4.78 is 35.9. The van der Waals surface area contributed by atoms with E-state index in [4.69, 9.17) is 14.8 Å². The van der Waals surface area contributed by atoms with Crippen LogP contribution in [-0.2, 0) is 13.1 Å². The topological polar surface area (TPSA) is 106 Å². The Morgan fingerprint density at radius 3 is 2.48 bits per heavy atom. The zero-order valence-corrected chi connectivity index (χ0v) is 31.2. The number of alkyl halides is 2. The van der Waals surface area contributed by atoms with Crippen LogP contribution in [0.1, 0.15) is 86.7 Å². The molecule has 2 fully saturated rings. The Morgan fingerprint density at radius 1 is 0.907 bits per heavy atom. The Hall–Kier alpha value is -5.07. The minimum absolute atomic E-state index is 0.242. The number of hydrogen-bond donors (Lipinski definition) is 2. The van der Waals surface area contributed by atoms with E-state index in [1.807, 2.05) is 60.4 Å². The molecule has 4 aromatic heterocycles. The molecule has 2 N–H and O–H groups in total. The summed E-state index contributed by atoms with van der Waals surface area (Å²) in [6.45, 7) is 3.40. The second-order valence-corrected chi connectivity index (χ2v) is 14.8. The molecule has 0 spiro atoms. The third kappa shape index (κ3) is 7.37. The molecule has 280 valence electrons. The molecule has 6 aromatic rings. The maximum Gasteiger partial charge on any atom is 0.297 e. The van der Waals surface area contributed by atoms with Gasteiger partial charge in [0.25, 0.3) is 6.43 Å². The van der Waals surface area contributed by atoms with E-state index in [1.165, 1.54) is 44.9 Å². The molecule has 0 radical (unpaired) electrons. The van der Waals surface area contributed by atoms with Crippen LogP contribution in [-0.4, -0.2) is 60.9 Å². The fraction of sp³-hybridized carbons (Fsp3) is 0.405. The van der Waals surface area contributed by atoms with E-state index in [0.29, 0.717) is 35.5 Å². The summed E-state index contributed by atoms with van der Waals surface area (Å²) in [5, 5.41) is 12.7. The first-order valence-electron chi connectivity index (χ1n) is 19.1. The zero-order chi connectivity index (χ0) is 37.2. The molecular weight excluding hydrogens is 685 g/mol. The normalized spacial score (nSPS) is 15.6. The molecule has 10 nitrogen and oxygen atoms in total. The van der Waals surface area contributed by atoms with Crippen molar-refractivity contribution in [2.24, 2.45) is 0 Å². The van der Waals surface area contributed by atoms with Crippen molar-refractivity contribution in [2.45, 2.75) is 96.3 Å². The summed E-state index contributed by atoms with van der Waals surface area (Å²) in [6, 6.07) is 16.9. The summed E-state index contributed by atoms with van der Waals surface area (Å²) in [4.78, 5) is 20.4. The Morgan fingerprint density at radius 2 is 1.69 bits per heavy atom. The molecule has 0 saturated heterocycles. The average molecular weight is 732 g/mol. The van der Waals surface area contributed by atoms with Gasteiger partial charge < -0.3 is 15.4 Å². The van der Waals surface area contributed by atoms with Crippen LogP contribution in [0.4, 0.5) is 20.3 Å². The minimum Gasteiger partial charge on any atom is -0.496 e. The molecule has 2 aromatic carbocycles. The van der Waals surface area contributed by atoms with Crippen LogP contribution in [0.25, 0.3) is 38.9 Å². The molecule has 2 aliphatic carbocycles. The van der Waals surface area contributed by atoms with Gasteiger partial charge in [0.15, 0.2) is 17.5 Å². The zero-order valence-electron chi connectivity index (χ0n) is 31.2. The number of nitrogens with one attached hydrogen (secondary N) is 2. The van der Waals surface area contributed by atoms with E-state index >= 15 is 0 Å². The molecular formula is C42H47F2N9O. The first kappa shape index (κ1) is 35.9. The molecule has 2 saturated carbocycles. The van der Waals surface area contributed by atoms with Crippen molar-refractivity contribution >= 4 is 33.4 Å². The van der Waals surface area contributed by atoms with E-state index in [1.54, 1.807) is 13.3 Å². The number of nitrogens with zero attached hydrogens (tertiary/aromatic N) is 7. The summed E-state index contributed by atoms with van der Waals surface area (Å²) in [6.07, 6.45) is 13.8. The van der Waals surface area contributed by atoms with Crippen molar-refractivity contribution < 1.29 is 13.5 Å². The number of halogens is 2. The van der Waals surface area contributed by atoms with Gasteiger partial charge in [0.2, 0.25) is 0 Å². The lowest BCUT2D eigenvalue weighted by molar-refractivity contribution is 0.141. The summed E-state index contributed by atoms with van der Waals surface area (Å²) >= 11 is 0. The van der Waals surface area contributed by atoms with Gasteiger partial charge in [0.1, 0.15) is 11.3 Å². The number of fused-ring (bicyclic) bond motifs is 2. The van der Waals surface area contributed by atoms with E-state index in [-0.39, 0.29) is 5.82 Å². The standard InChI is InChI=1S/C42H47F2N9O/c1-26-31(32-16-10-18-36-33(32)24-48-53(36)38-20-37(54-3)28(23-46-38)25-52(2)30-13-7-8-14-30)15-9-17-34(26)49-41-39-35(50-42(51-41)40(43)44)19-27(22-47-39)21-45-29-11-5-4-6-12-29/h9-10,15-20,22-24,29-30,40,45H,4-8,11-14,21,25H2,1-3H3,(H,49,50,51).